The van der Waals surface area contributed by atoms with E-state index in [1.165, 1.54) is 5.56 Å². The summed E-state index contributed by atoms with van der Waals surface area (Å²) >= 11 is 0. The van der Waals surface area contributed by atoms with E-state index >= 15 is 0 Å². The van der Waals surface area contributed by atoms with Crippen molar-refractivity contribution in [2.45, 2.75) is 25.4 Å². The van der Waals surface area contributed by atoms with E-state index in [4.69, 9.17) is 15.2 Å². The van der Waals surface area contributed by atoms with Crippen LogP contribution in [0.4, 0.5) is 0 Å². The van der Waals surface area contributed by atoms with Crippen LogP contribution in [0.15, 0.2) is 18.2 Å². The van der Waals surface area contributed by atoms with Crippen molar-refractivity contribution in [3.63, 3.8) is 0 Å². The molecule has 4 nitrogen and oxygen atoms in total. The van der Waals surface area contributed by atoms with Crippen molar-refractivity contribution >= 4 is 0 Å². The summed E-state index contributed by atoms with van der Waals surface area (Å²) in [6.07, 6.45) is 1.06. The van der Waals surface area contributed by atoms with Gasteiger partial charge in [0.2, 0.25) is 0 Å². The Bertz CT molecular complexity index is 436. The highest BCUT2D eigenvalue weighted by Crippen LogP contribution is 2.37. The normalized spacial score (nSPS) is 27.4. The third kappa shape index (κ3) is 1.95. The number of benzene rings is 1. The number of hydrogen-bond donors (Lipinski definition) is 1. The van der Waals surface area contributed by atoms with Crippen molar-refractivity contribution in [2.24, 2.45) is 5.73 Å². The summed E-state index contributed by atoms with van der Waals surface area (Å²) in [5, 5.41) is 0. The second-order valence-corrected chi connectivity index (χ2v) is 4.93. The molecule has 3 rings (SSSR count). The summed E-state index contributed by atoms with van der Waals surface area (Å²) < 4.78 is 11.2. The molecule has 0 saturated carbocycles. The molecule has 2 N–H and O–H groups in total. The van der Waals surface area contributed by atoms with Crippen LogP contribution in [0.5, 0.6) is 11.5 Å². The minimum atomic E-state index is 0.215. The Labute approximate surface area is 108 Å². The topological polar surface area (TPSA) is 47.7 Å². The molecule has 18 heavy (non-hydrogen) atoms. The van der Waals surface area contributed by atoms with Gasteiger partial charge in [-0.15, -0.1) is 0 Å². The number of nitrogens with two attached hydrogens (primary N) is 1. The van der Waals surface area contributed by atoms with Gasteiger partial charge < -0.3 is 15.2 Å². The molecular weight excluding hydrogens is 228 g/mol. The molecule has 2 unspecified atom stereocenters. The summed E-state index contributed by atoms with van der Waals surface area (Å²) in [5.74, 6) is 1.70. The first-order valence-electron chi connectivity index (χ1n) is 6.68. The molecule has 2 heterocycles. The lowest BCUT2D eigenvalue weighted by atomic mass is 10.00. The van der Waals surface area contributed by atoms with Crippen LogP contribution in [-0.4, -0.2) is 37.2 Å². The highest BCUT2D eigenvalue weighted by Gasteiger charge is 2.32. The highest BCUT2D eigenvalue weighted by atomic mass is 16.6. The first-order chi connectivity index (χ1) is 8.79. The highest BCUT2D eigenvalue weighted by molar-refractivity contribution is 5.45. The Morgan fingerprint density at radius 1 is 1.28 bits per heavy atom. The van der Waals surface area contributed by atoms with E-state index in [2.05, 4.69) is 24.0 Å². The number of fused-ring (bicyclic) bond motifs is 1. The molecular formula is C14H20N2O2. The van der Waals surface area contributed by atoms with Gasteiger partial charge in [0.05, 0.1) is 6.04 Å². The van der Waals surface area contributed by atoms with Gasteiger partial charge in [0.25, 0.3) is 0 Å². The molecule has 4 heteroatoms. The zero-order valence-electron chi connectivity index (χ0n) is 10.8. The number of likely N-dealkylation sites (N-methyl/N-ethyl adjacent to an activating group) is 1. The van der Waals surface area contributed by atoms with Crippen LogP contribution in [0, 0.1) is 0 Å². The lowest BCUT2D eigenvalue weighted by Gasteiger charge is -2.27. The number of likely N-dealkylation sites (tertiary alicyclic amines) is 1. The van der Waals surface area contributed by atoms with Gasteiger partial charge in [-0.25, -0.2) is 0 Å². The third-order valence-electron chi connectivity index (χ3n) is 3.86. The van der Waals surface area contributed by atoms with E-state index in [1.807, 2.05) is 6.07 Å². The molecule has 1 aromatic rings. The van der Waals surface area contributed by atoms with Crippen molar-refractivity contribution in [2.75, 3.05) is 26.3 Å². The molecule has 1 fully saturated rings. The largest absolute Gasteiger partial charge is 0.486 e. The maximum Gasteiger partial charge on any atom is 0.161 e. The van der Waals surface area contributed by atoms with Crippen LogP contribution in [0.25, 0.3) is 0 Å². The fourth-order valence-corrected chi connectivity index (χ4v) is 2.94. The van der Waals surface area contributed by atoms with E-state index in [9.17, 15) is 0 Å². The molecule has 1 saturated heterocycles. The van der Waals surface area contributed by atoms with Crippen LogP contribution >= 0.6 is 0 Å². The van der Waals surface area contributed by atoms with Gasteiger partial charge in [-0.1, -0.05) is 13.0 Å². The van der Waals surface area contributed by atoms with Crippen molar-refractivity contribution < 1.29 is 9.47 Å². The molecule has 2 aliphatic heterocycles. The molecule has 0 radical (unpaired) electrons. The van der Waals surface area contributed by atoms with Gasteiger partial charge >= 0.3 is 0 Å². The SMILES string of the molecule is CCN1CCC(N)C1c1ccc2c(c1)OCCO2. The van der Waals surface area contributed by atoms with Gasteiger partial charge in [-0.05, 0) is 30.7 Å². The molecule has 0 bridgehead atoms. The van der Waals surface area contributed by atoms with Crippen molar-refractivity contribution in [1.29, 1.82) is 0 Å². The zero-order chi connectivity index (χ0) is 12.5. The summed E-state index contributed by atoms with van der Waals surface area (Å²) in [4.78, 5) is 2.43. The predicted molar refractivity (Wildman–Crippen MR) is 70.0 cm³/mol. The molecule has 1 aromatic carbocycles. The van der Waals surface area contributed by atoms with Crippen LogP contribution in [0.2, 0.25) is 0 Å². The van der Waals surface area contributed by atoms with Crippen molar-refractivity contribution in [3.05, 3.63) is 23.8 Å². The number of ether oxygens (including phenoxy) is 2. The van der Waals surface area contributed by atoms with E-state index in [0.29, 0.717) is 19.3 Å². The Balaban J connectivity index is 1.91. The molecule has 0 spiro atoms. The van der Waals surface area contributed by atoms with Crippen molar-refractivity contribution in [1.82, 2.24) is 4.90 Å². The standard InChI is InChI=1S/C14H20N2O2/c1-2-16-6-5-11(15)14(16)10-3-4-12-13(9-10)18-8-7-17-12/h3-4,9,11,14H,2,5-8,15H2,1H3. The first-order valence-corrected chi connectivity index (χ1v) is 6.68. The van der Waals surface area contributed by atoms with Gasteiger partial charge in [-0.3, -0.25) is 4.90 Å². The smallest absolute Gasteiger partial charge is 0.161 e. The third-order valence-corrected chi connectivity index (χ3v) is 3.86. The fourth-order valence-electron chi connectivity index (χ4n) is 2.94. The monoisotopic (exact) mass is 248 g/mol. The zero-order valence-corrected chi connectivity index (χ0v) is 10.8. The lowest BCUT2D eigenvalue weighted by Crippen LogP contribution is -2.31. The Morgan fingerprint density at radius 3 is 2.83 bits per heavy atom. The van der Waals surface area contributed by atoms with Gasteiger partial charge in [0.1, 0.15) is 13.2 Å². The number of nitrogens with zero attached hydrogens (tertiary/aromatic N) is 1. The van der Waals surface area contributed by atoms with E-state index < -0.39 is 0 Å². The predicted octanol–water partition coefficient (Wildman–Crippen LogP) is 1.55. The fraction of sp³-hybridized carbons (Fsp3) is 0.571. The van der Waals surface area contributed by atoms with Gasteiger partial charge in [0, 0.05) is 12.6 Å². The Morgan fingerprint density at radius 2 is 2.06 bits per heavy atom. The second kappa shape index (κ2) is 4.78. The number of rotatable bonds is 2. The average molecular weight is 248 g/mol. The van der Waals surface area contributed by atoms with Crippen LogP contribution in [-0.2, 0) is 0 Å². The summed E-state index contributed by atoms with van der Waals surface area (Å²) in [7, 11) is 0. The molecule has 2 atom stereocenters. The Hall–Kier alpha value is -1.26. The molecule has 2 aliphatic rings. The maximum atomic E-state index is 6.24. The minimum Gasteiger partial charge on any atom is -0.486 e. The average Bonchev–Trinajstić information content (AvgIpc) is 2.79. The second-order valence-electron chi connectivity index (χ2n) is 4.93. The summed E-state index contributed by atoms with van der Waals surface area (Å²) in [5.41, 5.74) is 7.48. The summed E-state index contributed by atoms with van der Waals surface area (Å²) in [6.45, 7) is 5.56. The molecule has 98 valence electrons. The van der Waals surface area contributed by atoms with Crippen molar-refractivity contribution in [3.8, 4) is 11.5 Å². The van der Waals surface area contributed by atoms with E-state index in [1.54, 1.807) is 0 Å². The van der Waals surface area contributed by atoms with Crippen LogP contribution < -0.4 is 15.2 Å². The van der Waals surface area contributed by atoms with E-state index in [0.717, 1.165) is 31.0 Å². The quantitative estimate of drug-likeness (QED) is 0.862. The van der Waals surface area contributed by atoms with Gasteiger partial charge in [-0.2, -0.15) is 0 Å². The van der Waals surface area contributed by atoms with Crippen LogP contribution in [0.1, 0.15) is 24.9 Å². The van der Waals surface area contributed by atoms with E-state index in [-0.39, 0.29) is 6.04 Å². The molecule has 0 aromatic heterocycles. The maximum absolute atomic E-state index is 6.24. The minimum absolute atomic E-state index is 0.215. The summed E-state index contributed by atoms with van der Waals surface area (Å²) in [6, 6.07) is 6.74. The first kappa shape index (κ1) is 11.8. The number of hydrogen-bond acceptors (Lipinski definition) is 4. The lowest BCUT2D eigenvalue weighted by molar-refractivity contribution is 0.170. The molecule has 0 amide bonds. The van der Waals surface area contributed by atoms with Gasteiger partial charge in [0.15, 0.2) is 11.5 Å². The Kier molecular flexibility index (Phi) is 3.14. The van der Waals surface area contributed by atoms with Crippen LogP contribution in [0.3, 0.4) is 0 Å². The molecule has 0 aliphatic carbocycles.